The van der Waals surface area contributed by atoms with E-state index in [1.165, 1.54) is 12.1 Å². The van der Waals surface area contributed by atoms with Crippen LogP contribution in [0.25, 0.3) is 0 Å². The Bertz CT molecular complexity index is 431. The molecule has 0 spiro atoms. The number of halogens is 3. The fourth-order valence-electron chi connectivity index (χ4n) is 2.52. The summed E-state index contributed by atoms with van der Waals surface area (Å²) in [7, 11) is 0. The van der Waals surface area contributed by atoms with Crippen LogP contribution < -0.4 is 16.0 Å². The summed E-state index contributed by atoms with van der Waals surface area (Å²) in [6.07, 6.45) is -1.88. The molecule has 1 fully saturated rings. The Morgan fingerprint density at radius 3 is 2.38 bits per heavy atom. The highest BCUT2D eigenvalue weighted by Crippen LogP contribution is 2.29. The van der Waals surface area contributed by atoms with Crippen LogP contribution in [0.3, 0.4) is 0 Å². The number of ether oxygens (including phenoxy) is 2. The summed E-state index contributed by atoms with van der Waals surface area (Å²) >= 11 is 0. The molecule has 0 saturated carbocycles. The number of benzene rings is 1. The number of hydrazine groups is 1. The van der Waals surface area contributed by atoms with Crippen molar-refractivity contribution in [3.63, 3.8) is 0 Å². The Kier molecular flexibility index (Phi) is 5.44. The van der Waals surface area contributed by atoms with Gasteiger partial charge in [0.1, 0.15) is 5.75 Å². The van der Waals surface area contributed by atoms with Crippen LogP contribution in [0.2, 0.25) is 0 Å². The van der Waals surface area contributed by atoms with Gasteiger partial charge in [-0.25, -0.2) is 0 Å². The minimum absolute atomic E-state index is 0.0898. The van der Waals surface area contributed by atoms with Gasteiger partial charge in [-0.3, -0.25) is 11.3 Å². The lowest BCUT2D eigenvalue weighted by molar-refractivity contribution is -0.274. The van der Waals surface area contributed by atoms with Gasteiger partial charge in [0.05, 0.1) is 0 Å². The van der Waals surface area contributed by atoms with Crippen LogP contribution in [0.4, 0.5) is 13.2 Å². The molecular weight excluding hydrogens is 285 g/mol. The van der Waals surface area contributed by atoms with Crippen molar-refractivity contribution in [1.82, 2.24) is 5.43 Å². The molecular formula is C14H19F3N2O2. The van der Waals surface area contributed by atoms with Gasteiger partial charge in [-0.2, -0.15) is 0 Å². The Morgan fingerprint density at radius 1 is 1.24 bits per heavy atom. The van der Waals surface area contributed by atoms with E-state index in [1.54, 1.807) is 12.1 Å². The molecule has 1 aromatic rings. The molecule has 7 heteroatoms. The fourth-order valence-corrected chi connectivity index (χ4v) is 2.52. The molecule has 1 unspecified atom stereocenters. The highest BCUT2D eigenvalue weighted by Gasteiger charge is 2.31. The van der Waals surface area contributed by atoms with Gasteiger partial charge >= 0.3 is 6.36 Å². The average Bonchev–Trinajstić information content (AvgIpc) is 2.45. The smallest absolute Gasteiger partial charge is 0.406 e. The summed E-state index contributed by atoms with van der Waals surface area (Å²) in [6.45, 7) is 1.50. The lowest BCUT2D eigenvalue weighted by atomic mass is 9.90. The molecule has 1 aliphatic heterocycles. The van der Waals surface area contributed by atoms with Crippen molar-refractivity contribution in [3.8, 4) is 5.75 Å². The third kappa shape index (κ3) is 5.18. The highest BCUT2D eigenvalue weighted by molar-refractivity contribution is 5.29. The van der Waals surface area contributed by atoms with Crippen LogP contribution in [0.5, 0.6) is 5.75 Å². The van der Waals surface area contributed by atoms with Crippen molar-refractivity contribution in [1.29, 1.82) is 0 Å². The van der Waals surface area contributed by atoms with Crippen LogP contribution in [0.1, 0.15) is 30.9 Å². The van der Waals surface area contributed by atoms with Crippen LogP contribution in [-0.2, 0) is 4.74 Å². The number of rotatable bonds is 5. The first-order valence-electron chi connectivity index (χ1n) is 6.87. The Morgan fingerprint density at radius 2 is 1.86 bits per heavy atom. The third-order valence-corrected chi connectivity index (χ3v) is 3.63. The largest absolute Gasteiger partial charge is 0.573 e. The lowest BCUT2D eigenvalue weighted by Gasteiger charge is -2.26. The molecule has 118 valence electrons. The average molecular weight is 304 g/mol. The first kappa shape index (κ1) is 16.1. The van der Waals surface area contributed by atoms with E-state index >= 15 is 0 Å². The van der Waals surface area contributed by atoms with Gasteiger partial charge in [-0.1, -0.05) is 12.1 Å². The molecule has 1 aromatic carbocycles. The van der Waals surface area contributed by atoms with Gasteiger partial charge in [0.15, 0.2) is 0 Å². The molecule has 0 radical (unpaired) electrons. The molecule has 1 atom stereocenters. The summed E-state index contributed by atoms with van der Waals surface area (Å²) in [6, 6.07) is 5.72. The maximum atomic E-state index is 12.1. The lowest BCUT2D eigenvalue weighted by Crippen LogP contribution is -2.31. The summed E-state index contributed by atoms with van der Waals surface area (Å²) < 4.78 is 45.5. The third-order valence-electron chi connectivity index (χ3n) is 3.63. The van der Waals surface area contributed by atoms with Gasteiger partial charge in [0, 0.05) is 19.3 Å². The van der Waals surface area contributed by atoms with Gasteiger partial charge in [0.2, 0.25) is 0 Å². The monoisotopic (exact) mass is 304 g/mol. The maximum Gasteiger partial charge on any atom is 0.573 e. The molecule has 1 saturated heterocycles. The molecule has 21 heavy (non-hydrogen) atoms. The Balaban J connectivity index is 1.97. The number of hydrogen-bond acceptors (Lipinski definition) is 4. The Labute approximate surface area is 121 Å². The van der Waals surface area contributed by atoms with Crippen LogP contribution >= 0.6 is 0 Å². The molecule has 4 nitrogen and oxygen atoms in total. The van der Waals surface area contributed by atoms with E-state index in [1.807, 2.05) is 0 Å². The quantitative estimate of drug-likeness (QED) is 0.649. The van der Waals surface area contributed by atoms with Crippen molar-refractivity contribution in [2.75, 3.05) is 13.2 Å². The highest BCUT2D eigenvalue weighted by atomic mass is 19.4. The second-order valence-electron chi connectivity index (χ2n) is 5.13. The molecule has 1 aliphatic rings. The molecule has 1 heterocycles. The number of hydrogen-bond donors (Lipinski definition) is 2. The van der Waals surface area contributed by atoms with Crippen molar-refractivity contribution in [3.05, 3.63) is 29.8 Å². The standard InChI is InChI=1S/C14H19F3N2O2/c15-14(16,17)21-12-3-1-11(2-4-12)13(19-18)9-10-5-7-20-8-6-10/h1-4,10,13,19H,5-9,18H2. The normalized spacial score (nSPS) is 18.5. The number of nitrogens with one attached hydrogen (secondary N) is 1. The van der Waals surface area contributed by atoms with E-state index in [0.29, 0.717) is 5.92 Å². The van der Waals surface area contributed by atoms with Crippen molar-refractivity contribution in [2.45, 2.75) is 31.7 Å². The van der Waals surface area contributed by atoms with Gasteiger partial charge in [-0.05, 0) is 42.9 Å². The molecule has 0 bridgehead atoms. The summed E-state index contributed by atoms with van der Waals surface area (Å²) in [4.78, 5) is 0. The minimum atomic E-state index is -4.67. The van der Waals surface area contributed by atoms with E-state index in [2.05, 4.69) is 10.2 Å². The molecule has 3 N–H and O–H groups in total. The Hall–Kier alpha value is -1.31. The number of alkyl halides is 3. The molecule has 0 amide bonds. The zero-order valence-corrected chi connectivity index (χ0v) is 11.5. The summed E-state index contributed by atoms with van der Waals surface area (Å²) in [5, 5.41) is 0. The van der Waals surface area contributed by atoms with E-state index in [0.717, 1.165) is 38.0 Å². The molecule has 2 rings (SSSR count). The van der Waals surface area contributed by atoms with Crippen molar-refractivity contribution in [2.24, 2.45) is 11.8 Å². The van der Waals surface area contributed by atoms with Crippen LogP contribution in [-0.4, -0.2) is 19.6 Å². The van der Waals surface area contributed by atoms with E-state index in [9.17, 15) is 13.2 Å². The fraction of sp³-hybridized carbons (Fsp3) is 0.571. The van der Waals surface area contributed by atoms with Gasteiger partial charge in [-0.15, -0.1) is 13.2 Å². The predicted octanol–water partition coefficient (Wildman–Crippen LogP) is 2.91. The van der Waals surface area contributed by atoms with E-state index in [-0.39, 0.29) is 11.8 Å². The molecule has 0 aliphatic carbocycles. The van der Waals surface area contributed by atoms with E-state index in [4.69, 9.17) is 10.6 Å². The van der Waals surface area contributed by atoms with Crippen LogP contribution in [0, 0.1) is 5.92 Å². The van der Waals surface area contributed by atoms with Crippen LogP contribution in [0.15, 0.2) is 24.3 Å². The summed E-state index contributed by atoms with van der Waals surface area (Å²) in [5.41, 5.74) is 3.58. The number of nitrogens with two attached hydrogens (primary N) is 1. The van der Waals surface area contributed by atoms with Crippen molar-refractivity contribution < 1.29 is 22.6 Å². The van der Waals surface area contributed by atoms with Gasteiger partial charge < -0.3 is 9.47 Å². The zero-order chi connectivity index (χ0) is 15.3. The SMILES string of the molecule is NNC(CC1CCOCC1)c1ccc(OC(F)(F)F)cc1. The maximum absolute atomic E-state index is 12.1. The minimum Gasteiger partial charge on any atom is -0.406 e. The first-order chi connectivity index (χ1) is 9.98. The second-order valence-corrected chi connectivity index (χ2v) is 5.13. The van der Waals surface area contributed by atoms with Crippen molar-refractivity contribution >= 4 is 0 Å². The van der Waals surface area contributed by atoms with E-state index < -0.39 is 6.36 Å². The first-order valence-corrected chi connectivity index (χ1v) is 6.87. The second kappa shape index (κ2) is 7.11. The summed E-state index contributed by atoms with van der Waals surface area (Å²) in [5.74, 6) is 5.85. The molecule has 0 aromatic heterocycles. The zero-order valence-electron chi connectivity index (χ0n) is 11.5. The predicted molar refractivity (Wildman–Crippen MR) is 71.3 cm³/mol. The van der Waals surface area contributed by atoms with Gasteiger partial charge in [0.25, 0.3) is 0 Å². The topological polar surface area (TPSA) is 56.5 Å².